The number of nitrogens with two attached hydrogens (primary N) is 1. The van der Waals surface area contributed by atoms with Gasteiger partial charge < -0.3 is 15.5 Å². The van der Waals surface area contributed by atoms with E-state index in [-0.39, 0.29) is 6.42 Å². The largest absolute Gasteiger partial charge is 0.426 e. The first-order valence-electron chi connectivity index (χ1n) is 8.88. The Hall–Kier alpha value is -3.75. The Labute approximate surface area is 172 Å². The lowest BCUT2D eigenvalue weighted by atomic mass is 10.1. The number of aromatic nitrogens is 2. The fourth-order valence-corrected chi connectivity index (χ4v) is 3.05. The molecule has 6 heteroatoms. The fourth-order valence-electron chi connectivity index (χ4n) is 2.84. The van der Waals surface area contributed by atoms with Gasteiger partial charge in [0.1, 0.15) is 5.75 Å². The topological polar surface area (TPSA) is 81.0 Å². The van der Waals surface area contributed by atoms with Crippen LogP contribution >= 0.6 is 11.6 Å². The number of rotatable bonds is 4. The average Bonchev–Trinajstić information content (AvgIpc) is 3.07. The number of hydrogen-bond acceptors (Lipinski definition) is 3. The number of amides is 1. The van der Waals surface area contributed by atoms with Crippen molar-refractivity contribution in [3.63, 3.8) is 0 Å². The second kappa shape index (κ2) is 8.09. The molecular formula is C23H16ClN3O2. The molecule has 0 spiro atoms. The zero-order chi connectivity index (χ0) is 20.2. The molecule has 0 bridgehead atoms. The third kappa shape index (κ3) is 4.57. The highest BCUT2D eigenvalue weighted by molar-refractivity contribution is 6.32. The van der Waals surface area contributed by atoms with Crippen LogP contribution in [0.1, 0.15) is 16.7 Å². The van der Waals surface area contributed by atoms with Gasteiger partial charge in [0.25, 0.3) is 6.01 Å². The monoisotopic (exact) mass is 401 g/mol. The standard InChI is InChI=1S/C23H16ClN3O2/c24-19-14-21-20(13-17(19)10-9-15-5-2-1-3-6-15)26-23(27-21)29-18-8-4-7-16(11-18)12-22(25)28/h1-8,11,13-14H,12H2,(H2,25,28)(H,26,27). The van der Waals surface area contributed by atoms with E-state index in [1.807, 2.05) is 42.5 Å². The number of nitrogens with one attached hydrogen (secondary N) is 1. The molecular weight excluding hydrogens is 386 g/mol. The van der Waals surface area contributed by atoms with E-state index >= 15 is 0 Å². The van der Waals surface area contributed by atoms with Crippen LogP contribution in [0.25, 0.3) is 11.0 Å². The van der Waals surface area contributed by atoms with Crippen molar-refractivity contribution in [2.75, 3.05) is 0 Å². The minimum Gasteiger partial charge on any atom is -0.426 e. The summed E-state index contributed by atoms with van der Waals surface area (Å²) in [6.07, 6.45) is 0.149. The van der Waals surface area contributed by atoms with Crippen LogP contribution in [-0.4, -0.2) is 15.9 Å². The molecule has 0 saturated heterocycles. The van der Waals surface area contributed by atoms with E-state index in [0.717, 1.165) is 16.6 Å². The van der Waals surface area contributed by atoms with Gasteiger partial charge in [0, 0.05) is 11.1 Å². The summed E-state index contributed by atoms with van der Waals surface area (Å²) < 4.78 is 5.80. The number of carbonyl (C=O) groups excluding carboxylic acids is 1. The molecule has 29 heavy (non-hydrogen) atoms. The van der Waals surface area contributed by atoms with Gasteiger partial charge in [0.15, 0.2) is 0 Å². The number of primary amides is 1. The van der Waals surface area contributed by atoms with Crippen molar-refractivity contribution in [2.24, 2.45) is 5.73 Å². The smallest absolute Gasteiger partial charge is 0.300 e. The van der Waals surface area contributed by atoms with Gasteiger partial charge in [-0.3, -0.25) is 4.79 Å². The second-order valence-corrected chi connectivity index (χ2v) is 6.81. The Bertz CT molecular complexity index is 1250. The lowest BCUT2D eigenvalue weighted by Crippen LogP contribution is -2.13. The summed E-state index contributed by atoms with van der Waals surface area (Å²) in [6.45, 7) is 0. The molecule has 4 aromatic rings. The van der Waals surface area contributed by atoms with Crippen molar-refractivity contribution in [2.45, 2.75) is 6.42 Å². The zero-order valence-electron chi connectivity index (χ0n) is 15.3. The number of H-pyrrole nitrogens is 1. The maximum absolute atomic E-state index is 11.1. The molecule has 0 fully saturated rings. The zero-order valence-corrected chi connectivity index (χ0v) is 16.0. The first-order valence-corrected chi connectivity index (χ1v) is 9.26. The first-order chi connectivity index (χ1) is 14.1. The third-order valence-corrected chi connectivity index (χ3v) is 4.47. The third-order valence-electron chi connectivity index (χ3n) is 4.16. The van der Waals surface area contributed by atoms with Crippen LogP contribution in [0, 0.1) is 11.8 Å². The summed E-state index contributed by atoms with van der Waals surface area (Å²) in [5, 5.41) is 0.527. The fraction of sp³-hybridized carbons (Fsp3) is 0.0435. The lowest BCUT2D eigenvalue weighted by molar-refractivity contribution is -0.117. The summed E-state index contributed by atoms with van der Waals surface area (Å²) in [6, 6.07) is 20.7. The molecule has 0 aliphatic rings. The number of imidazole rings is 1. The number of fused-ring (bicyclic) bond motifs is 1. The average molecular weight is 402 g/mol. The van der Waals surface area contributed by atoms with Crippen molar-refractivity contribution >= 4 is 28.5 Å². The van der Waals surface area contributed by atoms with Crippen LogP contribution in [0.5, 0.6) is 11.8 Å². The van der Waals surface area contributed by atoms with Gasteiger partial charge >= 0.3 is 0 Å². The molecule has 5 nitrogen and oxygen atoms in total. The number of hydrogen-bond donors (Lipinski definition) is 2. The van der Waals surface area contributed by atoms with Crippen LogP contribution in [0.2, 0.25) is 5.02 Å². The molecule has 0 radical (unpaired) electrons. The van der Waals surface area contributed by atoms with Crippen LogP contribution in [0.15, 0.2) is 66.7 Å². The highest BCUT2D eigenvalue weighted by Crippen LogP contribution is 2.27. The van der Waals surface area contributed by atoms with E-state index in [4.69, 9.17) is 22.1 Å². The summed E-state index contributed by atoms with van der Waals surface area (Å²) in [4.78, 5) is 18.7. The Morgan fingerprint density at radius 1 is 1.07 bits per heavy atom. The Kier molecular flexibility index (Phi) is 5.19. The molecule has 0 aliphatic carbocycles. The Morgan fingerprint density at radius 3 is 2.69 bits per heavy atom. The van der Waals surface area contributed by atoms with Crippen LogP contribution in [0.4, 0.5) is 0 Å². The van der Waals surface area contributed by atoms with Crippen LogP contribution in [0.3, 0.4) is 0 Å². The molecule has 1 aromatic heterocycles. The highest BCUT2D eigenvalue weighted by atomic mass is 35.5. The minimum atomic E-state index is -0.398. The predicted octanol–water partition coefficient (Wildman–Crippen LogP) is 4.44. The second-order valence-electron chi connectivity index (χ2n) is 6.40. The molecule has 0 unspecified atom stereocenters. The van der Waals surface area contributed by atoms with Gasteiger partial charge in [0.2, 0.25) is 5.91 Å². The molecule has 0 aliphatic heterocycles. The number of benzene rings is 3. The predicted molar refractivity (Wildman–Crippen MR) is 113 cm³/mol. The van der Waals surface area contributed by atoms with Gasteiger partial charge in [-0.1, -0.05) is 53.8 Å². The summed E-state index contributed by atoms with van der Waals surface area (Å²) in [7, 11) is 0. The van der Waals surface area contributed by atoms with Gasteiger partial charge in [0.05, 0.1) is 22.5 Å². The number of ether oxygens (including phenoxy) is 1. The number of halogens is 1. The molecule has 142 valence electrons. The van der Waals surface area contributed by atoms with Crippen LogP contribution < -0.4 is 10.5 Å². The molecule has 0 saturated carbocycles. The Morgan fingerprint density at radius 2 is 1.90 bits per heavy atom. The van der Waals surface area contributed by atoms with E-state index in [0.29, 0.717) is 27.9 Å². The Balaban J connectivity index is 1.60. The van der Waals surface area contributed by atoms with E-state index in [9.17, 15) is 4.79 Å². The lowest BCUT2D eigenvalue weighted by Gasteiger charge is -2.03. The van der Waals surface area contributed by atoms with Crippen molar-refractivity contribution < 1.29 is 9.53 Å². The summed E-state index contributed by atoms with van der Waals surface area (Å²) in [5.74, 6) is 6.33. The number of nitrogens with zero attached hydrogens (tertiary/aromatic N) is 1. The van der Waals surface area contributed by atoms with E-state index in [1.54, 1.807) is 24.3 Å². The van der Waals surface area contributed by atoms with Crippen molar-refractivity contribution in [3.8, 4) is 23.6 Å². The summed E-state index contributed by atoms with van der Waals surface area (Å²) in [5.41, 5.74) is 9.04. The van der Waals surface area contributed by atoms with Gasteiger partial charge in [-0.2, -0.15) is 4.98 Å². The highest BCUT2D eigenvalue weighted by Gasteiger charge is 2.09. The molecule has 1 amide bonds. The molecule has 4 rings (SSSR count). The maximum Gasteiger partial charge on any atom is 0.300 e. The first kappa shape index (κ1) is 18.6. The number of aromatic amines is 1. The van der Waals surface area contributed by atoms with Gasteiger partial charge in [-0.25, -0.2) is 0 Å². The van der Waals surface area contributed by atoms with Crippen molar-refractivity contribution in [1.82, 2.24) is 9.97 Å². The van der Waals surface area contributed by atoms with E-state index < -0.39 is 5.91 Å². The molecule has 0 atom stereocenters. The number of carbonyl (C=O) groups is 1. The molecule has 3 N–H and O–H groups in total. The normalized spacial score (nSPS) is 10.4. The van der Waals surface area contributed by atoms with Gasteiger partial charge in [-0.05, 0) is 42.0 Å². The van der Waals surface area contributed by atoms with Crippen molar-refractivity contribution in [3.05, 3.63) is 88.4 Å². The SMILES string of the molecule is NC(=O)Cc1cccc(Oc2nc3cc(C#Cc4ccccc4)c(Cl)cc3[nH]2)c1. The van der Waals surface area contributed by atoms with E-state index in [1.165, 1.54) is 0 Å². The quantitative estimate of drug-likeness (QED) is 0.496. The van der Waals surface area contributed by atoms with E-state index in [2.05, 4.69) is 21.8 Å². The summed E-state index contributed by atoms with van der Waals surface area (Å²) >= 11 is 6.37. The van der Waals surface area contributed by atoms with Crippen LogP contribution in [-0.2, 0) is 11.2 Å². The van der Waals surface area contributed by atoms with Crippen molar-refractivity contribution in [1.29, 1.82) is 0 Å². The molecule has 1 heterocycles. The van der Waals surface area contributed by atoms with Gasteiger partial charge in [-0.15, -0.1) is 0 Å². The minimum absolute atomic E-state index is 0.149. The molecule has 3 aromatic carbocycles. The maximum atomic E-state index is 11.1.